The second kappa shape index (κ2) is 4.28. The third-order valence-corrected chi connectivity index (χ3v) is 3.22. The van der Waals surface area contributed by atoms with E-state index in [0.29, 0.717) is 11.8 Å². The molecule has 0 heterocycles. The Morgan fingerprint density at radius 2 is 1.77 bits per heavy atom. The van der Waals surface area contributed by atoms with Crippen LogP contribution in [0.4, 0.5) is 0 Å². The summed E-state index contributed by atoms with van der Waals surface area (Å²) in [7, 11) is 0. The van der Waals surface area contributed by atoms with Crippen LogP contribution in [0.15, 0.2) is 22.7 Å². The third-order valence-electron chi connectivity index (χ3n) is 2.72. The van der Waals surface area contributed by atoms with Crippen LogP contribution in [-0.4, -0.2) is 0 Å². The van der Waals surface area contributed by atoms with E-state index in [-0.39, 0.29) is 0 Å². The second-order valence-corrected chi connectivity index (χ2v) is 4.95. The summed E-state index contributed by atoms with van der Waals surface area (Å²) in [4.78, 5) is 0. The summed E-state index contributed by atoms with van der Waals surface area (Å²) < 4.78 is 1.17. The molecule has 0 spiro atoms. The highest BCUT2D eigenvalue weighted by atomic mass is 79.9. The summed E-state index contributed by atoms with van der Waals surface area (Å²) in [6.45, 7) is 9.01. The molecular weight excluding hydrogens is 224 g/mol. The lowest BCUT2D eigenvalue weighted by atomic mass is 9.88. The summed E-state index contributed by atoms with van der Waals surface area (Å²) in [6, 6.07) is 6.54. The summed E-state index contributed by atoms with van der Waals surface area (Å²) in [6.07, 6.45) is 0. The first-order chi connectivity index (χ1) is 6.02. The molecule has 0 aliphatic rings. The van der Waals surface area contributed by atoms with Crippen LogP contribution in [0.25, 0.3) is 0 Å². The summed E-state index contributed by atoms with van der Waals surface area (Å²) in [5.74, 6) is 1.35. The molecule has 1 aromatic rings. The van der Waals surface area contributed by atoms with Gasteiger partial charge in [0.15, 0.2) is 0 Å². The molecule has 0 amide bonds. The van der Waals surface area contributed by atoms with Crippen LogP contribution < -0.4 is 0 Å². The Bertz CT molecular complexity index is 289. The summed E-state index contributed by atoms with van der Waals surface area (Å²) in [5, 5.41) is 0. The molecule has 0 aliphatic carbocycles. The smallest absolute Gasteiger partial charge is 0.0178 e. The fourth-order valence-electron chi connectivity index (χ4n) is 1.51. The van der Waals surface area contributed by atoms with Gasteiger partial charge < -0.3 is 0 Å². The Balaban J connectivity index is 3.01. The molecule has 0 saturated heterocycles. The van der Waals surface area contributed by atoms with Crippen molar-refractivity contribution in [3.8, 4) is 0 Å². The van der Waals surface area contributed by atoms with Gasteiger partial charge in [0.05, 0.1) is 0 Å². The maximum absolute atomic E-state index is 3.48. The van der Waals surface area contributed by atoms with E-state index in [1.54, 1.807) is 0 Å². The van der Waals surface area contributed by atoms with Gasteiger partial charge in [-0.3, -0.25) is 0 Å². The lowest BCUT2D eigenvalue weighted by Crippen LogP contribution is -2.03. The van der Waals surface area contributed by atoms with Crippen LogP contribution in [0.2, 0.25) is 0 Å². The van der Waals surface area contributed by atoms with Gasteiger partial charge in [-0.05, 0) is 42.0 Å². The first kappa shape index (κ1) is 10.8. The van der Waals surface area contributed by atoms with Gasteiger partial charge in [-0.25, -0.2) is 0 Å². The van der Waals surface area contributed by atoms with E-state index < -0.39 is 0 Å². The van der Waals surface area contributed by atoms with Gasteiger partial charge >= 0.3 is 0 Å². The molecule has 0 bridgehead atoms. The maximum atomic E-state index is 3.48. The molecule has 1 heteroatoms. The van der Waals surface area contributed by atoms with E-state index in [1.807, 2.05) is 0 Å². The largest absolute Gasteiger partial charge is 0.0622 e. The minimum atomic E-state index is 0.646. The number of aryl methyl sites for hydroxylation is 1. The highest BCUT2D eigenvalue weighted by Crippen LogP contribution is 2.28. The van der Waals surface area contributed by atoms with Crippen molar-refractivity contribution in [1.29, 1.82) is 0 Å². The molecule has 1 aromatic carbocycles. The molecule has 0 N–H and O–H groups in total. The Morgan fingerprint density at radius 1 is 1.15 bits per heavy atom. The molecule has 1 unspecified atom stereocenters. The van der Waals surface area contributed by atoms with Gasteiger partial charge in [0.1, 0.15) is 0 Å². The Hall–Kier alpha value is -0.300. The zero-order valence-corrected chi connectivity index (χ0v) is 10.4. The van der Waals surface area contributed by atoms with Crippen molar-refractivity contribution in [2.45, 2.75) is 33.6 Å². The van der Waals surface area contributed by atoms with Gasteiger partial charge in [0.2, 0.25) is 0 Å². The van der Waals surface area contributed by atoms with Crippen LogP contribution in [0.1, 0.15) is 37.8 Å². The third kappa shape index (κ3) is 2.57. The van der Waals surface area contributed by atoms with Crippen LogP contribution >= 0.6 is 15.9 Å². The van der Waals surface area contributed by atoms with E-state index in [1.165, 1.54) is 15.6 Å². The van der Waals surface area contributed by atoms with Gasteiger partial charge in [0.25, 0.3) is 0 Å². The van der Waals surface area contributed by atoms with E-state index in [2.05, 4.69) is 61.8 Å². The molecule has 13 heavy (non-hydrogen) atoms. The molecule has 0 nitrogen and oxygen atoms in total. The zero-order valence-electron chi connectivity index (χ0n) is 8.76. The topological polar surface area (TPSA) is 0 Å². The second-order valence-electron chi connectivity index (χ2n) is 4.03. The number of hydrogen-bond donors (Lipinski definition) is 0. The molecule has 0 aliphatic heterocycles. The quantitative estimate of drug-likeness (QED) is 0.714. The van der Waals surface area contributed by atoms with Crippen molar-refractivity contribution in [3.63, 3.8) is 0 Å². The molecular formula is C12H17Br. The predicted octanol–water partition coefficient (Wildman–Crippen LogP) is 4.52. The Labute approximate surface area is 89.5 Å². The van der Waals surface area contributed by atoms with Crippen molar-refractivity contribution in [2.75, 3.05) is 0 Å². The normalized spacial score (nSPS) is 13.4. The summed E-state index contributed by atoms with van der Waals surface area (Å²) in [5.41, 5.74) is 2.86. The van der Waals surface area contributed by atoms with E-state index >= 15 is 0 Å². The van der Waals surface area contributed by atoms with Crippen LogP contribution in [0.3, 0.4) is 0 Å². The fraction of sp³-hybridized carbons (Fsp3) is 0.500. The summed E-state index contributed by atoms with van der Waals surface area (Å²) >= 11 is 3.48. The molecule has 72 valence electrons. The van der Waals surface area contributed by atoms with Gasteiger partial charge in [-0.1, -0.05) is 42.8 Å². The van der Waals surface area contributed by atoms with Gasteiger partial charge in [0, 0.05) is 4.47 Å². The Morgan fingerprint density at radius 3 is 2.23 bits per heavy atom. The van der Waals surface area contributed by atoms with E-state index in [4.69, 9.17) is 0 Å². The lowest BCUT2D eigenvalue weighted by Gasteiger charge is -2.18. The van der Waals surface area contributed by atoms with Crippen molar-refractivity contribution in [1.82, 2.24) is 0 Å². The van der Waals surface area contributed by atoms with Crippen molar-refractivity contribution >= 4 is 15.9 Å². The van der Waals surface area contributed by atoms with Crippen molar-refractivity contribution in [2.24, 2.45) is 5.92 Å². The maximum Gasteiger partial charge on any atom is 0.0178 e. The molecule has 0 saturated carbocycles. The van der Waals surface area contributed by atoms with E-state index in [0.717, 1.165) is 0 Å². The molecule has 0 radical (unpaired) electrons. The molecule has 0 aromatic heterocycles. The lowest BCUT2D eigenvalue weighted by molar-refractivity contribution is 0.533. The highest BCUT2D eigenvalue weighted by Gasteiger charge is 2.11. The first-order valence-corrected chi connectivity index (χ1v) is 5.57. The molecule has 1 rings (SSSR count). The Kier molecular flexibility index (Phi) is 3.55. The number of rotatable bonds is 2. The average Bonchev–Trinajstić information content (AvgIpc) is 2.03. The first-order valence-electron chi connectivity index (χ1n) is 4.78. The zero-order chi connectivity index (χ0) is 10.0. The number of benzene rings is 1. The van der Waals surface area contributed by atoms with E-state index in [9.17, 15) is 0 Å². The monoisotopic (exact) mass is 240 g/mol. The minimum absolute atomic E-state index is 0.646. The van der Waals surface area contributed by atoms with Gasteiger partial charge in [-0.2, -0.15) is 0 Å². The van der Waals surface area contributed by atoms with Crippen LogP contribution in [0, 0.1) is 12.8 Å². The molecule has 1 atom stereocenters. The molecule has 0 fully saturated rings. The average molecular weight is 241 g/mol. The van der Waals surface area contributed by atoms with Crippen molar-refractivity contribution in [3.05, 3.63) is 33.8 Å². The van der Waals surface area contributed by atoms with Crippen LogP contribution in [0.5, 0.6) is 0 Å². The SMILES string of the molecule is Cc1cc(Br)ccc1C(C)C(C)C. The standard InChI is InChI=1S/C12H17Br/c1-8(2)10(4)12-6-5-11(13)7-9(12)3/h5-8,10H,1-4H3. The number of halogens is 1. The predicted molar refractivity (Wildman–Crippen MR) is 62.1 cm³/mol. The highest BCUT2D eigenvalue weighted by molar-refractivity contribution is 9.10. The van der Waals surface area contributed by atoms with Gasteiger partial charge in [-0.15, -0.1) is 0 Å². The fourth-order valence-corrected chi connectivity index (χ4v) is 1.98. The minimum Gasteiger partial charge on any atom is -0.0622 e. The van der Waals surface area contributed by atoms with Crippen molar-refractivity contribution < 1.29 is 0 Å². The number of hydrogen-bond acceptors (Lipinski definition) is 0. The van der Waals surface area contributed by atoms with Crippen LogP contribution in [-0.2, 0) is 0 Å².